The first kappa shape index (κ1) is 22.6. The summed E-state index contributed by atoms with van der Waals surface area (Å²) in [4.78, 5) is 29.1. The number of methoxy groups -OCH3 is 1. The van der Waals surface area contributed by atoms with Crippen LogP contribution in [0.15, 0.2) is 77.3 Å². The van der Waals surface area contributed by atoms with Gasteiger partial charge in [0.05, 0.1) is 18.1 Å². The molecule has 8 heteroatoms. The fourth-order valence-electron chi connectivity index (χ4n) is 4.38. The highest BCUT2D eigenvalue weighted by Crippen LogP contribution is 2.26. The number of fused-ring (bicyclic) bond motifs is 1. The number of nitrogens with zero attached hydrogens (tertiary/aromatic N) is 3. The van der Waals surface area contributed by atoms with Gasteiger partial charge >= 0.3 is 12.0 Å². The number of piperazine rings is 1. The predicted molar refractivity (Wildman–Crippen MR) is 133 cm³/mol. The molecule has 5 rings (SSSR count). The molecule has 0 aliphatic carbocycles. The fraction of sp³-hybridized carbons (Fsp3) is 0.222. The van der Waals surface area contributed by atoms with Crippen LogP contribution in [0.4, 0.5) is 10.6 Å². The molecule has 2 heterocycles. The minimum Gasteiger partial charge on any atom is -0.465 e. The lowest BCUT2D eigenvalue weighted by molar-refractivity contribution is 0.0601. The standard InChI is InChI=1S/C27H26N4O4/c1-34-26(32)22-10-3-2-9-21(22)20-8-6-7-19(17-20)18-30-13-15-31(16-14-30)27(33)28-25-23-11-4-5-12-24(23)35-29-25/h2-12,17H,13-16,18H2,1H3,(H,28,29,33). The molecule has 1 aliphatic rings. The van der Waals surface area contributed by atoms with Crippen LogP contribution in [-0.4, -0.2) is 60.2 Å². The smallest absolute Gasteiger partial charge is 0.338 e. The number of amides is 2. The van der Waals surface area contributed by atoms with Gasteiger partial charge in [0.2, 0.25) is 0 Å². The molecule has 1 N–H and O–H groups in total. The molecule has 8 nitrogen and oxygen atoms in total. The maximum atomic E-state index is 12.8. The first-order valence-corrected chi connectivity index (χ1v) is 11.5. The van der Waals surface area contributed by atoms with E-state index in [0.717, 1.165) is 41.7 Å². The Balaban J connectivity index is 1.21. The number of benzene rings is 3. The number of hydrogen-bond acceptors (Lipinski definition) is 6. The van der Waals surface area contributed by atoms with Crippen LogP contribution in [0.3, 0.4) is 0 Å². The van der Waals surface area contributed by atoms with Gasteiger partial charge in [0, 0.05) is 32.7 Å². The molecule has 0 saturated carbocycles. The normalized spacial score (nSPS) is 14.1. The SMILES string of the molecule is COC(=O)c1ccccc1-c1cccc(CN2CCN(C(=O)Nc3noc4ccccc34)CC2)c1. The number of aromatic nitrogens is 1. The Morgan fingerprint density at radius 3 is 2.57 bits per heavy atom. The van der Waals surface area contributed by atoms with E-state index in [1.54, 1.807) is 11.0 Å². The van der Waals surface area contributed by atoms with Crippen molar-refractivity contribution in [2.45, 2.75) is 6.54 Å². The zero-order chi connectivity index (χ0) is 24.2. The van der Waals surface area contributed by atoms with Gasteiger partial charge in [-0.15, -0.1) is 0 Å². The lowest BCUT2D eigenvalue weighted by Crippen LogP contribution is -2.49. The molecule has 0 atom stereocenters. The molecule has 178 valence electrons. The van der Waals surface area contributed by atoms with E-state index < -0.39 is 0 Å². The van der Waals surface area contributed by atoms with Crippen LogP contribution in [-0.2, 0) is 11.3 Å². The Kier molecular flexibility index (Phi) is 6.45. The molecule has 1 aliphatic heterocycles. The minimum absolute atomic E-state index is 0.176. The van der Waals surface area contributed by atoms with E-state index in [0.29, 0.717) is 30.1 Å². The number of ether oxygens (including phenoxy) is 1. The molecular formula is C27H26N4O4. The average Bonchev–Trinajstić information content (AvgIpc) is 3.31. The average molecular weight is 471 g/mol. The summed E-state index contributed by atoms with van der Waals surface area (Å²) in [6, 6.07) is 22.9. The van der Waals surface area contributed by atoms with Gasteiger partial charge in [-0.2, -0.15) is 0 Å². The molecule has 0 spiro atoms. The zero-order valence-electron chi connectivity index (χ0n) is 19.4. The largest absolute Gasteiger partial charge is 0.465 e. The molecular weight excluding hydrogens is 444 g/mol. The van der Waals surface area contributed by atoms with Crippen LogP contribution in [0.2, 0.25) is 0 Å². The van der Waals surface area contributed by atoms with Crippen molar-refractivity contribution in [3.8, 4) is 11.1 Å². The quantitative estimate of drug-likeness (QED) is 0.428. The first-order chi connectivity index (χ1) is 17.1. The number of carbonyl (C=O) groups is 2. The molecule has 1 aromatic heterocycles. The predicted octanol–water partition coefficient (Wildman–Crippen LogP) is 4.63. The highest BCUT2D eigenvalue weighted by atomic mass is 16.5. The molecule has 1 fully saturated rings. The molecule has 3 aromatic carbocycles. The minimum atomic E-state index is -0.348. The zero-order valence-corrected chi connectivity index (χ0v) is 19.4. The van der Waals surface area contributed by atoms with Crippen LogP contribution < -0.4 is 5.32 Å². The van der Waals surface area contributed by atoms with Crippen LogP contribution in [0.1, 0.15) is 15.9 Å². The van der Waals surface area contributed by atoms with Gasteiger partial charge in [0.15, 0.2) is 11.4 Å². The lowest BCUT2D eigenvalue weighted by Gasteiger charge is -2.34. The molecule has 4 aromatic rings. The topological polar surface area (TPSA) is 87.9 Å². The number of hydrogen-bond donors (Lipinski definition) is 1. The molecule has 2 amide bonds. The second-order valence-electron chi connectivity index (χ2n) is 8.46. The van der Waals surface area contributed by atoms with Gasteiger partial charge in [-0.3, -0.25) is 10.2 Å². The van der Waals surface area contributed by atoms with E-state index in [9.17, 15) is 9.59 Å². The number of para-hydroxylation sites is 1. The van der Waals surface area contributed by atoms with E-state index in [-0.39, 0.29) is 12.0 Å². The summed E-state index contributed by atoms with van der Waals surface area (Å²) in [6.07, 6.45) is 0. The van der Waals surface area contributed by atoms with Crippen molar-refractivity contribution in [3.05, 3.63) is 83.9 Å². The van der Waals surface area contributed by atoms with Gasteiger partial charge in [-0.25, -0.2) is 9.59 Å². The third kappa shape index (κ3) is 4.88. The number of carbonyl (C=O) groups excluding carboxylic acids is 2. The molecule has 0 bridgehead atoms. The second kappa shape index (κ2) is 9.99. The number of urea groups is 1. The van der Waals surface area contributed by atoms with Crippen molar-refractivity contribution in [3.63, 3.8) is 0 Å². The van der Waals surface area contributed by atoms with Gasteiger partial charge in [-0.1, -0.05) is 53.7 Å². The highest BCUT2D eigenvalue weighted by molar-refractivity contribution is 5.98. The van der Waals surface area contributed by atoms with Crippen molar-refractivity contribution < 1.29 is 18.8 Å². The van der Waals surface area contributed by atoms with E-state index >= 15 is 0 Å². The Labute approximate surface area is 203 Å². The maximum absolute atomic E-state index is 12.8. The lowest BCUT2D eigenvalue weighted by atomic mass is 9.98. The van der Waals surface area contributed by atoms with Crippen molar-refractivity contribution >= 4 is 28.8 Å². The molecule has 0 radical (unpaired) electrons. The fourth-order valence-corrected chi connectivity index (χ4v) is 4.38. The highest BCUT2D eigenvalue weighted by Gasteiger charge is 2.23. The summed E-state index contributed by atoms with van der Waals surface area (Å²) in [7, 11) is 1.39. The van der Waals surface area contributed by atoms with E-state index in [2.05, 4.69) is 27.5 Å². The first-order valence-electron chi connectivity index (χ1n) is 11.5. The molecule has 0 unspecified atom stereocenters. The summed E-state index contributed by atoms with van der Waals surface area (Å²) in [5, 5.41) is 7.64. The monoisotopic (exact) mass is 470 g/mol. The number of rotatable bonds is 5. The Hall–Kier alpha value is -4.17. The Morgan fingerprint density at radius 2 is 1.74 bits per heavy atom. The van der Waals surface area contributed by atoms with E-state index in [1.165, 1.54) is 7.11 Å². The second-order valence-corrected chi connectivity index (χ2v) is 8.46. The van der Waals surface area contributed by atoms with Crippen molar-refractivity contribution in [2.24, 2.45) is 0 Å². The number of nitrogens with one attached hydrogen (secondary N) is 1. The van der Waals surface area contributed by atoms with Gasteiger partial charge in [-0.05, 0) is 41.0 Å². The van der Waals surface area contributed by atoms with Crippen LogP contribution in [0.5, 0.6) is 0 Å². The molecule has 1 saturated heterocycles. The molecule has 35 heavy (non-hydrogen) atoms. The maximum Gasteiger partial charge on any atom is 0.338 e. The number of anilines is 1. The van der Waals surface area contributed by atoms with Crippen molar-refractivity contribution in [1.29, 1.82) is 0 Å². The Bertz CT molecular complexity index is 1360. The summed E-state index contributed by atoms with van der Waals surface area (Å²) in [5.74, 6) is 0.0936. The summed E-state index contributed by atoms with van der Waals surface area (Å²) in [6.45, 7) is 3.52. The van der Waals surface area contributed by atoms with Gasteiger partial charge in [0.25, 0.3) is 0 Å². The Morgan fingerprint density at radius 1 is 0.971 bits per heavy atom. The van der Waals surface area contributed by atoms with E-state index in [1.807, 2.05) is 54.6 Å². The van der Waals surface area contributed by atoms with Crippen molar-refractivity contribution in [2.75, 3.05) is 38.6 Å². The summed E-state index contributed by atoms with van der Waals surface area (Å²) in [5.41, 5.74) is 4.16. The van der Waals surface area contributed by atoms with Crippen LogP contribution >= 0.6 is 0 Å². The van der Waals surface area contributed by atoms with Crippen LogP contribution in [0.25, 0.3) is 22.1 Å². The van der Waals surface area contributed by atoms with Crippen LogP contribution in [0, 0.1) is 0 Å². The van der Waals surface area contributed by atoms with E-state index in [4.69, 9.17) is 9.26 Å². The number of esters is 1. The summed E-state index contributed by atoms with van der Waals surface area (Å²) >= 11 is 0. The van der Waals surface area contributed by atoms with Gasteiger partial charge in [0.1, 0.15) is 0 Å². The summed E-state index contributed by atoms with van der Waals surface area (Å²) < 4.78 is 10.2. The van der Waals surface area contributed by atoms with Gasteiger partial charge < -0.3 is 14.2 Å². The third-order valence-electron chi connectivity index (χ3n) is 6.24. The third-order valence-corrected chi connectivity index (χ3v) is 6.24. The van der Waals surface area contributed by atoms with Crippen molar-refractivity contribution in [1.82, 2.24) is 15.0 Å².